The Morgan fingerprint density at radius 2 is 1.84 bits per heavy atom. The minimum absolute atomic E-state index is 0.113. The molecule has 1 aliphatic rings. The predicted molar refractivity (Wildman–Crippen MR) is 125 cm³/mol. The first-order valence-corrected chi connectivity index (χ1v) is 11.8. The molecule has 0 aromatic heterocycles. The van der Waals surface area contributed by atoms with Gasteiger partial charge in [0.25, 0.3) is 0 Å². The molecular weight excluding hydrogens is 402 g/mol. The summed E-state index contributed by atoms with van der Waals surface area (Å²) in [5.74, 6) is -0.355. The van der Waals surface area contributed by atoms with Gasteiger partial charge in [-0.2, -0.15) is 5.26 Å². The van der Waals surface area contributed by atoms with Crippen LogP contribution in [0.3, 0.4) is 0 Å². The van der Waals surface area contributed by atoms with Crippen molar-refractivity contribution in [1.82, 2.24) is 10.2 Å². The molecule has 1 heterocycles. The maximum atomic E-state index is 13.2. The summed E-state index contributed by atoms with van der Waals surface area (Å²) in [7, 11) is 0. The van der Waals surface area contributed by atoms with E-state index in [-0.39, 0.29) is 29.9 Å². The van der Waals surface area contributed by atoms with Crippen LogP contribution in [-0.2, 0) is 20.9 Å². The molecule has 1 aromatic rings. The van der Waals surface area contributed by atoms with Crippen LogP contribution in [-0.4, -0.2) is 40.5 Å². The molecule has 6 nitrogen and oxygen atoms in total. The van der Waals surface area contributed by atoms with Crippen molar-refractivity contribution in [1.29, 1.82) is 5.26 Å². The first-order valence-electron chi connectivity index (χ1n) is 11.8. The molecule has 1 saturated heterocycles. The van der Waals surface area contributed by atoms with Crippen LogP contribution in [0.2, 0.25) is 0 Å². The summed E-state index contributed by atoms with van der Waals surface area (Å²) >= 11 is 0. The molecule has 1 aliphatic heterocycles. The van der Waals surface area contributed by atoms with Crippen molar-refractivity contribution in [2.24, 2.45) is 11.8 Å². The number of nitrogens with zero attached hydrogens (tertiary/aromatic N) is 2. The minimum Gasteiger partial charge on any atom is -0.459 e. The molecule has 4 unspecified atom stereocenters. The maximum Gasteiger partial charge on any atom is 0.323 e. The molecule has 1 amide bonds. The number of likely N-dealkylation sites (tertiary alicyclic amines) is 1. The monoisotopic (exact) mass is 441 g/mol. The summed E-state index contributed by atoms with van der Waals surface area (Å²) in [6, 6.07) is 11.4. The van der Waals surface area contributed by atoms with Gasteiger partial charge in [-0.15, -0.1) is 0 Å². The first kappa shape index (κ1) is 25.9. The number of benzene rings is 1. The third-order valence-electron chi connectivity index (χ3n) is 6.27. The number of rotatable bonds is 9. The van der Waals surface area contributed by atoms with Crippen molar-refractivity contribution in [2.45, 2.75) is 97.5 Å². The molecule has 2 rings (SSSR count). The fourth-order valence-electron chi connectivity index (χ4n) is 4.73. The number of hydrogen-bond acceptors (Lipinski definition) is 5. The third-order valence-corrected chi connectivity index (χ3v) is 6.27. The van der Waals surface area contributed by atoms with Gasteiger partial charge in [-0.05, 0) is 45.1 Å². The summed E-state index contributed by atoms with van der Waals surface area (Å²) in [5.41, 5.74) is 0.455. The molecule has 0 aliphatic carbocycles. The van der Waals surface area contributed by atoms with E-state index >= 15 is 0 Å². The largest absolute Gasteiger partial charge is 0.459 e. The number of nitriles is 1. The van der Waals surface area contributed by atoms with Crippen LogP contribution in [0.25, 0.3) is 0 Å². The molecule has 32 heavy (non-hydrogen) atoms. The van der Waals surface area contributed by atoms with Crippen molar-refractivity contribution in [3.05, 3.63) is 35.9 Å². The Hall–Kier alpha value is -2.39. The highest BCUT2D eigenvalue weighted by atomic mass is 16.6. The van der Waals surface area contributed by atoms with E-state index in [0.717, 1.165) is 24.8 Å². The van der Waals surface area contributed by atoms with Crippen LogP contribution >= 0.6 is 0 Å². The van der Waals surface area contributed by atoms with E-state index in [1.807, 2.05) is 51.1 Å². The van der Waals surface area contributed by atoms with Gasteiger partial charge in [-0.1, -0.05) is 57.0 Å². The van der Waals surface area contributed by atoms with Crippen LogP contribution in [0.15, 0.2) is 30.3 Å². The van der Waals surface area contributed by atoms with Gasteiger partial charge in [0.05, 0.1) is 12.0 Å². The zero-order chi connectivity index (χ0) is 23.9. The minimum atomic E-state index is -0.609. The van der Waals surface area contributed by atoms with E-state index in [1.54, 1.807) is 0 Å². The molecule has 0 radical (unpaired) electrons. The van der Waals surface area contributed by atoms with E-state index in [9.17, 15) is 14.9 Å². The molecule has 6 heteroatoms. The topological polar surface area (TPSA) is 82.4 Å². The number of esters is 1. The molecule has 0 saturated carbocycles. The van der Waals surface area contributed by atoms with Gasteiger partial charge in [0.1, 0.15) is 11.6 Å². The number of carbonyl (C=O) groups is 2. The SMILES string of the molecule is CCC(CC)CC(NC(C)=O)C1C(C#N)CC(C(=O)OC(C)(C)C)N1Cc1ccccc1. The van der Waals surface area contributed by atoms with E-state index < -0.39 is 11.6 Å². The summed E-state index contributed by atoms with van der Waals surface area (Å²) in [6.45, 7) is 11.9. The van der Waals surface area contributed by atoms with Gasteiger partial charge in [-0.25, -0.2) is 0 Å². The van der Waals surface area contributed by atoms with E-state index in [2.05, 4.69) is 30.1 Å². The second-order valence-corrected chi connectivity index (χ2v) is 9.89. The first-order chi connectivity index (χ1) is 15.1. The Kier molecular flexibility index (Phi) is 9.27. The van der Waals surface area contributed by atoms with Crippen LogP contribution in [0.5, 0.6) is 0 Å². The summed E-state index contributed by atoms with van der Waals surface area (Å²) in [4.78, 5) is 27.4. The third kappa shape index (κ3) is 7.06. The van der Waals surface area contributed by atoms with E-state index in [1.165, 1.54) is 6.92 Å². The number of ether oxygens (including phenoxy) is 1. The zero-order valence-corrected chi connectivity index (χ0v) is 20.4. The van der Waals surface area contributed by atoms with Crippen LogP contribution in [0.1, 0.15) is 72.8 Å². The summed E-state index contributed by atoms with van der Waals surface area (Å²) < 4.78 is 5.74. The Balaban J connectivity index is 2.46. The lowest BCUT2D eigenvalue weighted by Gasteiger charge is -2.37. The average molecular weight is 442 g/mol. The molecule has 0 bridgehead atoms. The smallest absolute Gasteiger partial charge is 0.323 e. The van der Waals surface area contributed by atoms with E-state index in [0.29, 0.717) is 18.9 Å². The maximum absolute atomic E-state index is 13.2. The van der Waals surface area contributed by atoms with Gasteiger partial charge < -0.3 is 10.1 Å². The summed E-state index contributed by atoms with van der Waals surface area (Å²) in [6.07, 6.45) is 3.19. The second-order valence-electron chi connectivity index (χ2n) is 9.89. The Labute approximate surface area is 193 Å². The zero-order valence-electron chi connectivity index (χ0n) is 20.4. The molecule has 1 aromatic carbocycles. The lowest BCUT2D eigenvalue weighted by atomic mass is 9.86. The second kappa shape index (κ2) is 11.5. The average Bonchev–Trinajstić information content (AvgIpc) is 3.08. The number of nitrogens with one attached hydrogen (secondary N) is 1. The highest BCUT2D eigenvalue weighted by Crippen LogP contribution is 2.36. The van der Waals surface area contributed by atoms with Gasteiger partial charge in [0.2, 0.25) is 5.91 Å². The highest BCUT2D eigenvalue weighted by Gasteiger charge is 2.49. The lowest BCUT2D eigenvalue weighted by Crippen LogP contribution is -2.54. The molecule has 4 atom stereocenters. The molecule has 176 valence electrons. The lowest BCUT2D eigenvalue weighted by molar-refractivity contribution is -0.161. The van der Waals surface area contributed by atoms with Crippen LogP contribution < -0.4 is 5.32 Å². The molecule has 0 spiro atoms. The predicted octanol–water partition coefficient (Wildman–Crippen LogP) is 4.44. The molecule has 1 fully saturated rings. The van der Waals surface area contributed by atoms with Gasteiger partial charge in [0, 0.05) is 25.6 Å². The Morgan fingerprint density at radius 3 is 2.34 bits per heavy atom. The number of amides is 1. The number of hydrogen-bond donors (Lipinski definition) is 1. The van der Waals surface area contributed by atoms with E-state index in [4.69, 9.17) is 4.74 Å². The Bertz CT molecular complexity index is 793. The van der Waals surface area contributed by atoms with Crippen molar-refractivity contribution < 1.29 is 14.3 Å². The van der Waals surface area contributed by atoms with Crippen LogP contribution in [0, 0.1) is 23.2 Å². The fourth-order valence-corrected chi connectivity index (χ4v) is 4.73. The molecular formula is C26H39N3O3. The normalized spacial score (nSPS) is 22.4. The molecule has 1 N–H and O–H groups in total. The van der Waals surface area contributed by atoms with Crippen molar-refractivity contribution in [3.63, 3.8) is 0 Å². The quantitative estimate of drug-likeness (QED) is 0.573. The van der Waals surface area contributed by atoms with Crippen molar-refractivity contribution >= 4 is 11.9 Å². The highest BCUT2D eigenvalue weighted by molar-refractivity contribution is 5.77. The van der Waals surface area contributed by atoms with Gasteiger partial charge >= 0.3 is 5.97 Å². The summed E-state index contributed by atoms with van der Waals surface area (Å²) in [5, 5.41) is 13.2. The van der Waals surface area contributed by atoms with Gasteiger partial charge in [-0.3, -0.25) is 14.5 Å². The van der Waals surface area contributed by atoms with Crippen molar-refractivity contribution in [3.8, 4) is 6.07 Å². The van der Waals surface area contributed by atoms with Crippen LogP contribution in [0.4, 0.5) is 0 Å². The number of carbonyl (C=O) groups excluding carboxylic acids is 2. The fraction of sp³-hybridized carbons (Fsp3) is 0.654. The Morgan fingerprint density at radius 1 is 1.22 bits per heavy atom. The van der Waals surface area contributed by atoms with Gasteiger partial charge in [0.15, 0.2) is 0 Å². The van der Waals surface area contributed by atoms with Crippen molar-refractivity contribution in [2.75, 3.05) is 0 Å². The standard InChI is InChI=1S/C26H39N3O3/c1-7-19(8-2)14-22(28-18(3)30)24-21(16-27)15-23(25(31)32-26(4,5)6)29(24)17-20-12-10-9-11-13-20/h9-13,19,21-24H,7-8,14-15,17H2,1-6H3,(H,28,30).